The fraction of sp³-hybridized carbons (Fsp3) is 0.357. The number of rotatable bonds is 11. The summed E-state index contributed by atoms with van der Waals surface area (Å²) in [5, 5.41) is 12.0. The van der Waals surface area contributed by atoms with Crippen molar-refractivity contribution in [3.05, 3.63) is 78.1 Å². The largest absolute Gasteiger partial charge is 0.486 e. The van der Waals surface area contributed by atoms with Gasteiger partial charge >= 0.3 is 0 Å². The number of hydrogen-bond donors (Lipinski definition) is 1. The SMILES string of the molecule is C=CCn1c(COc2ccc(C(C)C)cc2)nnc1SCC(=O)Nc1cccc(C(=O)N2CCOCC2)c1. The lowest BCUT2D eigenvalue weighted by atomic mass is 10.0. The number of morpholine rings is 1. The molecule has 0 radical (unpaired) electrons. The zero-order chi connectivity index (χ0) is 26.9. The number of nitrogens with zero attached hydrogens (tertiary/aromatic N) is 4. The van der Waals surface area contributed by atoms with Gasteiger partial charge < -0.3 is 19.7 Å². The number of amides is 2. The maximum Gasteiger partial charge on any atom is 0.254 e. The lowest BCUT2D eigenvalue weighted by Crippen LogP contribution is -2.40. The average Bonchev–Trinajstić information content (AvgIpc) is 3.32. The third kappa shape index (κ3) is 7.23. The molecular formula is C28H33N5O4S. The quantitative estimate of drug-likeness (QED) is 0.288. The third-order valence-electron chi connectivity index (χ3n) is 6.04. The predicted octanol–water partition coefficient (Wildman–Crippen LogP) is 4.37. The number of nitrogens with one attached hydrogen (secondary N) is 1. The van der Waals surface area contributed by atoms with Crippen LogP contribution in [0, 0.1) is 0 Å². The van der Waals surface area contributed by atoms with Crippen molar-refractivity contribution in [2.24, 2.45) is 0 Å². The summed E-state index contributed by atoms with van der Waals surface area (Å²) in [4.78, 5) is 27.2. The van der Waals surface area contributed by atoms with Crippen LogP contribution < -0.4 is 10.1 Å². The topological polar surface area (TPSA) is 98.6 Å². The van der Waals surface area contributed by atoms with E-state index in [1.807, 2.05) is 16.7 Å². The van der Waals surface area contributed by atoms with E-state index in [4.69, 9.17) is 9.47 Å². The van der Waals surface area contributed by atoms with Crippen molar-refractivity contribution in [3.8, 4) is 5.75 Å². The molecule has 1 aromatic heterocycles. The Bertz CT molecular complexity index is 1250. The van der Waals surface area contributed by atoms with Crippen molar-refractivity contribution in [1.29, 1.82) is 0 Å². The molecule has 1 aliphatic rings. The van der Waals surface area contributed by atoms with Crippen LogP contribution >= 0.6 is 11.8 Å². The number of ether oxygens (including phenoxy) is 2. The highest BCUT2D eigenvalue weighted by Crippen LogP contribution is 2.22. The van der Waals surface area contributed by atoms with Crippen molar-refractivity contribution in [1.82, 2.24) is 19.7 Å². The smallest absolute Gasteiger partial charge is 0.254 e. The predicted molar refractivity (Wildman–Crippen MR) is 148 cm³/mol. The lowest BCUT2D eigenvalue weighted by Gasteiger charge is -2.27. The van der Waals surface area contributed by atoms with Crippen LogP contribution in [0.3, 0.4) is 0 Å². The number of thioether (sulfide) groups is 1. The van der Waals surface area contributed by atoms with Gasteiger partial charge in [0.05, 0.1) is 19.0 Å². The van der Waals surface area contributed by atoms with E-state index in [9.17, 15) is 9.59 Å². The van der Waals surface area contributed by atoms with Crippen molar-refractivity contribution in [2.45, 2.75) is 38.1 Å². The van der Waals surface area contributed by atoms with E-state index >= 15 is 0 Å². The highest BCUT2D eigenvalue weighted by atomic mass is 32.2. The summed E-state index contributed by atoms with van der Waals surface area (Å²) >= 11 is 1.28. The van der Waals surface area contributed by atoms with E-state index in [0.717, 1.165) is 5.75 Å². The second-order valence-corrected chi connectivity index (χ2v) is 10.1. The molecule has 2 heterocycles. The van der Waals surface area contributed by atoms with E-state index in [1.54, 1.807) is 35.2 Å². The highest BCUT2D eigenvalue weighted by molar-refractivity contribution is 7.99. The Kier molecular flexibility index (Phi) is 9.56. The molecule has 4 rings (SSSR count). The first-order valence-electron chi connectivity index (χ1n) is 12.6. The van der Waals surface area contributed by atoms with E-state index in [0.29, 0.717) is 61.0 Å². The second-order valence-electron chi connectivity index (χ2n) is 9.13. The van der Waals surface area contributed by atoms with E-state index in [-0.39, 0.29) is 24.2 Å². The molecule has 3 aromatic rings. The van der Waals surface area contributed by atoms with Gasteiger partial charge in [-0.25, -0.2) is 0 Å². The summed E-state index contributed by atoms with van der Waals surface area (Å²) < 4.78 is 13.1. The molecule has 0 bridgehead atoms. The van der Waals surface area contributed by atoms with Gasteiger partial charge in [0.2, 0.25) is 5.91 Å². The minimum atomic E-state index is -0.206. The zero-order valence-electron chi connectivity index (χ0n) is 21.8. The van der Waals surface area contributed by atoms with Gasteiger partial charge in [-0.05, 0) is 41.8 Å². The van der Waals surface area contributed by atoms with Crippen LogP contribution in [0.25, 0.3) is 0 Å². The van der Waals surface area contributed by atoms with Crippen LogP contribution in [-0.4, -0.2) is 63.5 Å². The van der Waals surface area contributed by atoms with E-state index in [2.05, 4.69) is 48.1 Å². The normalized spacial score (nSPS) is 13.4. The Labute approximate surface area is 227 Å². The first kappa shape index (κ1) is 27.4. The summed E-state index contributed by atoms with van der Waals surface area (Å²) in [5.41, 5.74) is 2.35. The number of hydrogen-bond acceptors (Lipinski definition) is 7. The standard InChI is InChI=1S/C28H33N5O4S/c1-4-12-33-25(18-37-24-10-8-21(9-11-24)20(2)3)30-31-28(33)38-19-26(34)29-23-7-5-6-22(17-23)27(35)32-13-15-36-16-14-32/h4-11,17,20H,1,12-16,18-19H2,2-3H3,(H,29,34). The van der Waals surface area contributed by atoms with E-state index in [1.165, 1.54) is 17.3 Å². The van der Waals surface area contributed by atoms with Crippen molar-refractivity contribution in [2.75, 3.05) is 37.4 Å². The Morgan fingerprint density at radius 1 is 1.16 bits per heavy atom. The zero-order valence-corrected chi connectivity index (χ0v) is 22.6. The maximum absolute atomic E-state index is 12.8. The molecule has 1 N–H and O–H groups in total. The van der Waals surface area contributed by atoms with Crippen molar-refractivity contribution in [3.63, 3.8) is 0 Å². The molecule has 1 fully saturated rings. The van der Waals surface area contributed by atoms with Crippen molar-refractivity contribution < 1.29 is 19.1 Å². The molecule has 9 nitrogen and oxygen atoms in total. The number of allylic oxidation sites excluding steroid dienone is 1. The van der Waals surface area contributed by atoms with Gasteiger partial charge in [0, 0.05) is 30.9 Å². The summed E-state index contributed by atoms with van der Waals surface area (Å²) in [5.74, 6) is 1.72. The monoisotopic (exact) mass is 535 g/mol. The molecule has 38 heavy (non-hydrogen) atoms. The average molecular weight is 536 g/mol. The number of benzene rings is 2. The molecule has 1 aliphatic heterocycles. The van der Waals surface area contributed by atoms with Crippen LogP contribution in [0.1, 0.15) is 41.5 Å². The molecule has 200 valence electrons. The summed E-state index contributed by atoms with van der Waals surface area (Å²) in [6.07, 6.45) is 1.76. The minimum absolute atomic E-state index is 0.0677. The van der Waals surface area contributed by atoms with Gasteiger partial charge in [-0.3, -0.25) is 14.2 Å². The van der Waals surface area contributed by atoms with Gasteiger partial charge in [0.1, 0.15) is 12.4 Å². The van der Waals surface area contributed by atoms with Crippen LogP contribution in [0.5, 0.6) is 5.75 Å². The Balaban J connectivity index is 1.33. The molecular weight excluding hydrogens is 502 g/mol. The number of aromatic nitrogens is 3. The Morgan fingerprint density at radius 3 is 2.63 bits per heavy atom. The summed E-state index contributed by atoms with van der Waals surface area (Å²) in [6.45, 7) is 11.1. The van der Waals surface area contributed by atoms with Crippen LogP contribution in [0.4, 0.5) is 5.69 Å². The minimum Gasteiger partial charge on any atom is -0.486 e. The van der Waals surface area contributed by atoms with Crippen LogP contribution in [0.15, 0.2) is 66.3 Å². The third-order valence-corrected chi connectivity index (χ3v) is 7.01. The first-order valence-corrected chi connectivity index (χ1v) is 13.6. The molecule has 1 saturated heterocycles. The van der Waals surface area contributed by atoms with E-state index < -0.39 is 0 Å². The number of carbonyl (C=O) groups is 2. The van der Waals surface area contributed by atoms with Gasteiger partial charge in [-0.15, -0.1) is 16.8 Å². The Morgan fingerprint density at radius 2 is 1.92 bits per heavy atom. The molecule has 0 unspecified atom stereocenters. The van der Waals surface area contributed by atoms with Gasteiger partial charge in [-0.1, -0.05) is 49.9 Å². The molecule has 0 aliphatic carbocycles. The van der Waals surface area contributed by atoms with Crippen molar-refractivity contribution >= 4 is 29.3 Å². The van der Waals surface area contributed by atoms with Gasteiger partial charge in [0.25, 0.3) is 5.91 Å². The van der Waals surface area contributed by atoms with Crippen LogP contribution in [0.2, 0.25) is 0 Å². The number of carbonyl (C=O) groups excluding carboxylic acids is 2. The lowest BCUT2D eigenvalue weighted by molar-refractivity contribution is -0.113. The Hall–Kier alpha value is -3.63. The first-order chi connectivity index (χ1) is 18.4. The molecule has 0 atom stereocenters. The fourth-order valence-corrected chi connectivity index (χ4v) is 4.71. The summed E-state index contributed by atoms with van der Waals surface area (Å²) in [7, 11) is 0. The van der Waals surface area contributed by atoms with Gasteiger partial charge in [0.15, 0.2) is 11.0 Å². The number of anilines is 1. The molecule has 0 saturated carbocycles. The molecule has 10 heteroatoms. The fourth-order valence-electron chi connectivity index (χ4n) is 3.95. The van der Waals surface area contributed by atoms with Crippen LogP contribution in [-0.2, 0) is 22.7 Å². The second kappa shape index (κ2) is 13.3. The molecule has 0 spiro atoms. The highest BCUT2D eigenvalue weighted by Gasteiger charge is 2.19. The maximum atomic E-state index is 12.8. The molecule has 2 amide bonds. The summed E-state index contributed by atoms with van der Waals surface area (Å²) in [6, 6.07) is 15.0. The van der Waals surface area contributed by atoms with Gasteiger partial charge in [-0.2, -0.15) is 0 Å². The molecule has 2 aromatic carbocycles.